The zero-order valence-corrected chi connectivity index (χ0v) is 10.3. The topological polar surface area (TPSA) is 29.3 Å². The molecule has 1 unspecified atom stereocenters. The van der Waals surface area contributed by atoms with Gasteiger partial charge in [-0.25, -0.2) is 0 Å². The van der Waals surface area contributed by atoms with Gasteiger partial charge in [-0.2, -0.15) is 0 Å². The highest BCUT2D eigenvalue weighted by Gasteiger charge is 2.15. The van der Waals surface area contributed by atoms with E-state index >= 15 is 0 Å². The lowest BCUT2D eigenvalue weighted by molar-refractivity contribution is 0.313. The second-order valence-electron chi connectivity index (χ2n) is 4.60. The van der Waals surface area contributed by atoms with Crippen LogP contribution in [0.1, 0.15) is 18.4 Å². The zero-order valence-electron chi connectivity index (χ0n) is 9.53. The molecule has 0 saturated carbocycles. The maximum absolute atomic E-state index is 6.15. The summed E-state index contributed by atoms with van der Waals surface area (Å²) in [4.78, 5) is 2.45. The van der Waals surface area contributed by atoms with Gasteiger partial charge in [-0.05, 0) is 50.0 Å². The fourth-order valence-corrected chi connectivity index (χ4v) is 2.54. The van der Waals surface area contributed by atoms with E-state index in [1.807, 2.05) is 18.2 Å². The first-order valence-electron chi connectivity index (χ1n) is 5.96. The molecular weight excluding hydrogens is 220 g/mol. The Balaban J connectivity index is 1.84. The quantitative estimate of drug-likeness (QED) is 0.872. The monoisotopic (exact) mass is 238 g/mol. The summed E-state index contributed by atoms with van der Waals surface area (Å²) < 4.78 is 0. The number of likely N-dealkylation sites (tertiary alicyclic amines) is 1. The Morgan fingerprint density at radius 3 is 2.75 bits per heavy atom. The van der Waals surface area contributed by atoms with Crippen LogP contribution in [0, 0.1) is 0 Å². The summed E-state index contributed by atoms with van der Waals surface area (Å²) in [5, 5.41) is 0.797. The number of hydrogen-bond acceptors (Lipinski definition) is 2. The number of benzene rings is 1. The molecule has 2 rings (SSSR count). The average Bonchev–Trinajstić information content (AvgIpc) is 2.70. The molecule has 1 aliphatic rings. The first-order chi connectivity index (χ1) is 7.74. The largest absolute Gasteiger partial charge is 0.326 e. The van der Waals surface area contributed by atoms with E-state index in [-0.39, 0.29) is 6.04 Å². The third-order valence-corrected chi connectivity index (χ3v) is 3.31. The van der Waals surface area contributed by atoms with Crippen molar-refractivity contribution in [2.45, 2.75) is 25.3 Å². The highest BCUT2D eigenvalue weighted by atomic mass is 35.5. The molecule has 2 nitrogen and oxygen atoms in total. The van der Waals surface area contributed by atoms with Crippen LogP contribution in [0.4, 0.5) is 0 Å². The van der Waals surface area contributed by atoms with Crippen molar-refractivity contribution >= 4 is 11.6 Å². The van der Waals surface area contributed by atoms with Crippen molar-refractivity contribution in [1.82, 2.24) is 4.90 Å². The maximum atomic E-state index is 6.15. The van der Waals surface area contributed by atoms with Crippen molar-refractivity contribution in [3.8, 4) is 0 Å². The molecule has 0 spiro atoms. The lowest BCUT2D eigenvalue weighted by Crippen LogP contribution is -2.37. The summed E-state index contributed by atoms with van der Waals surface area (Å²) in [6.07, 6.45) is 3.56. The van der Waals surface area contributed by atoms with E-state index in [1.165, 1.54) is 31.5 Å². The minimum absolute atomic E-state index is 0.219. The van der Waals surface area contributed by atoms with Gasteiger partial charge in [0.1, 0.15) is 0 Å². The molecule has 1 saturated heterocycles. The van der Waals surface area contributed by atoms with E-state index in [1.54, 1.807) is 0 Å². The summed E-state index contributed by atoms with van der Waals surface area (Å²) in [5.41, 5.74) is 7.39. The molecule has 0 radical (unpaired) electrons. The van der Waals surface area contributed by atoms with Crippen molar-refractivity contribution in [3.05, 3.63) is 34.9 Å². The van der Waals surface area contributed by atoms with E-state index in [0.717, 1.165) is 18.0 Å². The summed E-state index contributed by atoms with van der Waals surface area (Å²) in [6.45, 7) is 3.43. The number of halogens is 1. The third-order valence-electron chi connectivity index (χ3n) is 3.08. The van der Waals surface area contributed by atoms with Gasteiger partial charge in [-0.1, -0.05) is 23.7 Å². The Morgan fingerprint density at radius 1 is 1.31 bits per heavy atom. The van der Waals surface area contributed by atoms with Gasteiger partial charge in [0.2, 0.25) is 0 Å². The summed E-state index contributed by atoms with van der Waals surface area (Å²) in [6, 6.07) is 8.20. The minimum Gasteiger partial charge on any atom is -0.326 e. The lowest BCUT2D eigenvalue weighted by Gasteiger charge is -2.20. The van der Waals surface area contributed by atoms with Crippen LogP contribution >= 0.6 is 11.6 Å². The van der Waals surface area contributed by atoms with Crippen LogP contribution in [-0.2, 0) is 6.42 Å². The van der Waals surface area contributed by atoms with Crippen molar-refractivity contribution in [1.29, 1.82) is 0 Å². The SMILES string of the molecule is NC(Cc1cccc(Cl)c1)CN1CCCC1. The lowest BCUT2D eigenvalue weighted by atomic mass is 10.1. The van der Waals surface area contributed by atoms with Crippen LogP contribution in [0.25, 0.3) is 0 Å². The highest BCUT2D eigenvalue weighted by molar-refractivity contribution is 6.30. The Labute approximate surface area is 102 Å². The van der Waals surface area contributed by atoms with Crippen LogP contribution in [0.15, 0.2) is 24.3 Å². The summed E-state index contributed by atoms with van der Waals surface area (Å²) in [7, 11) is 0. The fourth-order valence-electron chi connectivity index (χ4n) is 2.33. The van der Waals surface area contributed by atoms with Gasteiger partial charge in [-0.15, -0.1) is 0 Å². The van der Waals surface area contributed by atoms with E-state index in [0.29, 0.717) is 0 Å². The normalized spacial score (nSPS) is 18.9. The van der Waals surface area contributed by atoms with Gasteiger partial charge in [-0.3, -0.25) is 0 Å². The number of hydrogen-bond donors (Lipinski definition) is 1. The second kappa shape index (κ2) is 5.67. The first kappa shape index (κ1) is 11.9. The van der Waals surface area contributed by atoms with Crippen molar-refractivity contribution in [2.24, 2.45) is 5.73 Å². The predicted molar refractivity (Wildman–Crippen MR) is 68.8 cm³/mol. The van der Waals surface area contributed by atoms with Gasteiger partial charge in [0.25, 0.3) is 0 Å². The smallest absolute Gasteiger partial charge is 0.0408 e. The number of nitrogens with zero attached hydrogens (tertiary/aromatic N) is 1. The van der Waals surface area contributed by atoms with Crippen molar-refractivity contribution < 1.29 is 0 Å². The highest BCUT2D eigenvalue weighted by Crippen LogP contribution is 2.13. The molecule has 1 aromatic carbocycles. The molecule has 1 fully saturated rings. The minimum atomic E-state index is 0.219. The van der Waals surface area contributed by atoms with Crippen molar-refractivity contribution in [2.75, 3.05) is 19.6 Å². The van der Waals surface area contributed by atoms with E-state index in [2.05, 4.69) is 11.0 Å². The van der Waals surface area contributed by atoms with Crippen LogP contribution in [0.3, 0.4) is 0 Å². The molecular formula is C13H19ClN2. The van der Waals surface area contributed by atoms with Gasteiger partial charge in [0, 0.05) is 17.6 Å². The van der Waals surface area contributed by atoms with Gasteiger partial charge < -0.3 is 10.6 Å². The molecule has 16 heavy (non-hydrogen) atoms. The van der Waals surface area contributed by atoms with Crippen molar-refractivity contribution in [3.63, 3.8) is 0 Å². The summed E-state index contributed by atoms with van der Waals surface area (Å²) in [5.74, 6) is 0. The molecule has 1 aromatic rings. The van der Waals surface area contributed by atoms with Crippen LogP contribution in [0.5, 0.6) is 0 Å². The molecule has 0 amide bonds. The maximum Gasteiger partial charge on any atom is 0.0408 e. The zero-order chi connectivity index (χ0) is 11.4. The van der Waals surface area contributed by atoms with E-state index in [9.17, 15) is 0 Å². The Kier molecular flexibility index (Phi) is 4.22. The van der Waals surface area contributed by atoms with Gasteiger partial charge >= 0.3 is 0 Å². The number of rotatable bonds is 4. The molecule has 2 N–H and O–H groups in total. The van der Waals surface area contributed by atoms with Gasteiger partial charge in [0.15, 0.2) is 0 Å². The molecule has 1 atom stereocenters. The Hall–Kier alpha value is -0.570. The Morgan fingerprint density at radius 2 is 2.06 bits per heavy atom. The standard InChI is InChI=1S/C13H19ClN2/c14-12-5-3-4-11(8-12)9-13(15)10-16-6-1-2-7-16/h3-5,8,13H,1-2,6-7,9-10,15H2. The summed E-state index contributed by atoms with van der Waals surface area (Å²) >= 11 is 5.95. The molecule has 0 bridgehead atoms. The molecule has 1 heterocycles. The molecule has 88 valence electrons. The number of nitrogens with two attached hydrogens (primary N) is 1. The van der Waals surface area contributed by atoms with E-state index in [4.69, 9.17) is 17.3 Å². The van der Waals surface area contributed by atoms with E-state index < -0.39 is 0 Å². The van der Waals surface area contributed by atoms with Gasteiger partial charge in [0.05, 0.1) is 0 Å². The average molecular weight is 239 g/mol. The van der Waals surface area contributed by atoms with Crippen LogP contribution in [0.2, 0.25) is 5.02 Å². The molecule has 3 heteroatoms. The second-order valence-corrected chi connectivity index (χ2v) is 5.04. The first-order valence-corrected chi connectivity index (χ1v) is 6.34. The third kappa shape index (κ3) is 3.48. The molecule has 0 aliphatic carbocycles. The molecule has 0 aromatic heterocycles. The van der Waals surface area contributed by atoms with Crippen LogP contribution < -0.4 is 5.73 Å². The molecule has 1 aliphatic heterocycles. The van der Waals surface area contributed by atoms with Crippen LogP contribution in [-0.4, -0.2) is 30.6 Å². The Bertz CT molecular complexity index is 334. The fraction of sp³-hybridized carbons (Fsp3) is 0.538. The predicted octanol–water partition coefficient (Wildman–Crippen LogP) is 2.31.